The van der Waals surface area contributed by atoms with Gasteiger partial charge in [-0.15, -0.1) is 0 Å². The summed E-state index contributed by atoms with van der Waals surface area (Å²) >= 11 is 0. The highest BCUT2D eigenvalue weighted by Crippen LogP contribution is 2.28. The van der Waals surface area contributed by atoms with Gasteiger partial charge in [0.05, 0.1) is 19.9 Å². The maximum Gasteiger partial charge on any atom is 0.226 e. The van der Waals surface area contributed by atoms with Crippen LogP contribution in [-0.2, 0) is 6.42 Å². The number of rotatable bonds is 11. The first-order valence-corrected chi connectivity index (χ1v) is 11.0. The first kappa shape index (κ1) is 22.3. The number of hydrogen-bond acceptors (Lipinski definition) is 9. The van der Waals surface area contributed by atoms with Crippen molar-refractivity contribution in [1.29, 1.82) is 0 Å². The molecular formula is C24H29N7O2. The zero-order valence-electron chi connectivity index (χ0n) is 19.1. The van der Waals surface area contributed by atoms with Gasteiger partial charge in [-0.2, -0.15) is 15.1 Å². The van der Waals surface area contributed by atoms with Gasteiger partial charge in [0, 0.05) is 36.6 Å². The summed E-state index contributed by atoms with van der Waals surface area (Å²) in [5.41, 5.74) is 6.04. The second-order valence-electron chi connectivity index (χ2n) is 7.79. The molecule has 9 heteroatoms. The Morgan fingerprint density at radius 1 is 1.00 bits per heavy atom. The van der Waals surface area contributed by atoms with Gasteiger partial charge in [0.15, 0.2) is 17.3 Å². The standard InChI is InChI=1S/C24H29N7O2/c1-16(18-9-11-25-12-10-18)30-31-23-15-22(28-24(29-23)27-19-5-6-19)26-13-8-17-4-7-20(32-2)21(14-17)33-3/h4,7,9-12,14-15,19H,5-6,8,13H2,1-3H3,(H3,26,27,28,29,31). The van der Waals surface area contributed by atoms with Crippen LogP contribution in [-0.4, -0.2) is 47.5 Å². The molecule has 9 nitrogen and oxygen atoms in total. The van der Waals surface area contributed by atoms with E-state index >= 15 is 0 Å². The molecule has 0 unspecified atom stereocenters. The third-order valence-electron chi connectivity index (χ3n) is 5.24. The molecule has 0 saturated heterocycles. The molecule has 1 saturated carbocycles. The topological polar surface area (TPSA) is 106 Å². The fraction of sp³-hybridized carbons (Fsp3) is 0.333. The monoisotopic (exact) mass is 447 g/mol. The highest BCUT2D eigenvalue weighted by Gasteiger charge is 2.22. The molecule has 172 valence electrons. The Morgan fingerprint density at radius 2 is 1.76 bits per heavy atom. The lowest BCUT2D eigenvalue weighted by atomic mass is 10.1. The van der Waals surface area contributed by atoms with Crippen LogP contribution >= 0.6 is 0 Å². The van der Waals surface area contributed by atoms with Gasteiger partial charge in [-0.25, -0.2) is 0 Å². The molecule has 2 heterocycles. The number of anilines is 3. The van der Waals surface area contributed by atoms with Gasteiger partial charge in [-0.1, -0.05) is 6.07 Å². The predicted octanol–water partition coefficient (Wildman–Crippen LogP) is 3.95. The summed E-state index contributed by atoms with van der Waals surface area (Å²) in [5.74, 6) is 3.39. The molecule has 4 rings (SSSR count). The minimum atomic E-state index is 0.446. The second-order valence-corrected chi connectivity index (χ2v) is 7.79. The van der Waals surface area contributed by atoms with Crippen LogP contribution in [0, 0.1) is 0 Å². The van der Waals surface area contributed by atoms with Crippen molar-refractivity contribution in [3.05, 3.63) is 59.9 Å². The first-order chi connectivity index (χ1) is 16.1. The summed E-state index contributed by atoms with van der Waals surface area (Å²) in [7, 11) is 3.28. The molecule has 1 aliphatic carbocycles. The Kier molecular flexibility index (Phi) is 7.19. The van der Waals surface area contributed by atoms with Crippen molar-refractivity contribution in [1.82, 2.24) is 15.0 Å². The third kappa shape index (κ3) is 6.31. The lowest BCUT2D eigenvalue weighted by Crippen LogP contribution is -2.12. The highest BCUT2D eigenvalue weighted by molar-refractivity contribution is 5.98. The summed E-state index contributed by atoms with van der Waals surface area (Å²) in [6.07, 6.45) is 6.58. The van der Waals surface area contributed by atoms with Gasteiger partial charge in [0.1, 0.15) is 5.82 Å². The van der Waals surface area contributed by atoms with Crippen molar-refractivity contribution in [2.45, 2.75) is 32.2 Å². The Labute approximate surface area is 193 Å². The van der Waals surface area contributed by atoms with Crippen molar-refractivity contribution >= 4 is 23.3 Å². The maximum absolute atomic E-state index is 5.40. The van der Waals surface area contributed by atoms with Crippen molar-refractivity contribution in [2.24, 2.45) is 5.10 Å². The Hall–Kier alpha value is -3.88. The summed E-state index contributed by atoms with van der Waals surface area (Å²) < 4.78 is 10.7. The van der Waals surface area contributed by atoms with Gasteiger partial charge in [0.2, 0.25) is 5.95 Å². The van der Waals surface area contributed by atoms with Crippen molar-refractivity contribution in [2.75, 3.05) is 36.8 Å². The van der Waals surface area contributed by atoms with Crippen LogP contribution in [0.1, 0.15) is 30.9 Å². The number of benzene rings is 1. The number of nitrogens with one attached hydrogen (secondary N) is 3. The van der Waals surface area contributed by atoms with Gasteiger partial charge in [-0.3, -0.25) is 10.4 Å². The molecule has 0 radical (unpaired) electrons. The number of aromatic nitrogens is 3. The van der Waals surface area contributed by atoms with Crippen molar-refractivity contribution < 1.29 is 9.47 Å². The summed E-state index contributed by atoms with van der Waals surface area (Å²) in [4.78, 5) is 13.2. The van der Waals surface area contributed by atoms with E-state index in [2.05, 4.69) is 36.1 Å². The molecule has 3 N–H and O–H groups in total. The van der Waals surface area contributed by atoms with E-state index in [0.29, 0.717) is 24.4 Å². The normalized spacial score (nSPS) is 13.4. The van der Waals surface area contributed by atoms with Gasteiger partial charge < -0.3 is 20.1 Å². The Balaban J connectivity index is 1.43. The van der Waals surface area contributed by atoms with E-state index in [1.165, 1.54) is 0 Å². The largest absolute Gasteiger partial charge is 0.493 e. The van der Waals surface area contributed by atoms with Crippen LogP contribution in [0.4, 0.5) is 17.6 Å². The highest BCUT2D eigenvalue weighted by atomic mass is 16.5. The van der Waals surface area contributed by atoms with Crippen LogP contribution in [0.2, 0.25) is 0 Å². The lowest BCUT2D eigenvalue weighted by Gasteiger charge is -2.12. The number of hydrogen-bond donors (Lipinski definition) is 3. The molecule has 3 aromatic rings. The van der Waals surface area contributed by atoms with E-state index in [9.17, 15) is 0 Å². The fourth-order valence-electron chi connectivity index (χ4n) is 3.24. The Bertz CT molecular complexity index is 1100. The molecule has 0 spiro atoms. The van der Waals surface area contributed by atoms with Crippen LogP contribution in [0.25, 0.3) is 0 Å². The number of hydrazone groups is 1. The minimum absolute atomic E-state index is 0.446. The molecule has 0 aliphatic heterocycles. The molecule has 1 aromatic carbocycles. The number of ether oxygens (including phenoxy) is 2. The lowest BCUT2D eigenvalue weighted by molar-refractivity contribution is 0.354. The van der Waals surface area contributed by atoms with E-state index < -0.39 is 0 Å². The van der Waals surface area contributed by atoms with Crippen molar-refractivity contribution in [3.8, 4) is 11.5 Å². The fourth-order valence-corrected chi connectivity index (χ4v) is 3.24. The first-order valence-electron chi connectivity index (χ1n) is 11.0. The van der Waals surface area contributed by atoms with E-state index in [4.69, 9.17) is 9.47 Å². The zero-order chi connectivity index (χ0) is 23.0. The summed E-state index contributed by atoms with van der Waals surface area (Å²) in [5, 5.41) is 11.2. The predicted molar refractivity (Wildman–Crippen MR) is 130 cm³/mol. The molecule has 0 atom stereocenters. The molecule has 1 fully saturated rings. The van der Waals surface area contributed by atoms with Gasteiger partial charge in [-0.05, 0) is 56.0 Å². The molecule has 1 aliphatic rings. The van der Waals surface area contributed by atoms with E-state index in [1.54, 1.807) is 26.6 Å². The molecule has 0 amide bonds. The Morgan fingerprint density at radius 3 is 2.48 bits per heavy atom. The third-order valence-corrected chi connectivity index (χ3v) is 5.24. The van der Waals surface area contributed by atoms with E-state index in [-0.39, 0.29) is 0 Å². The SMILES string of the molecule is COc1ccc(CCNc2cc(NN=C(C)c3ccncc3)nc(NC3CC3)n2)cc1OC. The van der Waals surface area contributed by atoms with E-state index in [1.807, 2.05) is 43.3 Å². The van der Waals surface area contributed by atoms with Crippen LogP contribution in [0.3, 0.4) is 0 Å². The minimum Gasteiger partial charge on any atom is -0.493 e. The molecular weight excluding hydrogens is 418 g/mol. The number of pyridine rings is 1. The zero-order valence-corrected chi connectivity index (χ0v) is 19.1. The number of methoxy groups -OCH3 is 2. The average Bonchev–Trinajstić information content (AvgIpc) is 3.67. The smallest absolute Gasteiger partial charge is 0.226 e. The summed E-state index contributed by atoms with van der Waals surface area (Å²) in [6.45, 7) is 2.64. The maximum atomic E-state index is 5.40. The molecule has 33 heavy (non-hydrogen) atoms. The molecule has 2 aromatic heterocycles. The number of nitrogens with zero attached hydrogens (tertiary/aromatic N) is 4. The van der Waals surface area contributed by atoms with E-state index in [0.717, 1.165) is 53.4 Å². The van der Waals surface area contributed by atoms with Crippen LogP contribution < -0.4 is 25.5 Å². The van der Waals surface area contributed by atoms with Crippen molar-refractivity contribution in [3.63, 3.8) is 0 Å². The van der Waals surface area contributed by atoms with Gasteiger partial charge >= 0.3 is 0 Å². The quantitative estimate of drug-likeness (QED) is 0.300. The summed E-state index contributed by atoms with van der Waals surface area (Å²) in [6, 6.07) is 12.1. The average molecular weight is 448 g/mol. The molecule has 0 bridgehead atoms. The second kappa shape index (κ2) is 10.6. The van der Waals surface area contributed by atoms with Gasteiger partial charge in [0.25, 0.3) is 0 Å². The van der Waals surface area contributed by atoms with Crippen LogP contribution in [0.5, 0.6) is 11.5 Å². The van der Waals surface area contributed by atoms with Crippen LogP contribution in [0.15, 0.2) is 53.9 Å².